The summed E-state index contributed by atoms with van der Waals surface area (Å²) >= 11 is 5.85. The topological polar surface area (TPSA) is 29.1 Å². The Morgan fingerprint density at radius 1 is 0.955 bits per heavy atom. The summed E-state index contributed by atoms with van der Waals surface area (Å²) in [7, 11) is 0. The quantitative estimate of drug-likeness (QED) is 0.726. The van der Waals surface area contributed by atoms with E-state index in [0.717, 1.165) is 10.9 Å². The van der Waals surface area contributed by atoms with E-state index in [0.29, 0.717) is 10.6 Å². The minimum Gasteiger partial charge on any atom is -0.345 e. The number of carbonyl (C=O) groups excluding carboxylic acids is 1. The number of halogens is 1. The van der Waals surface area contributed by atoms with Crippen molar-refractivity contribution >= 4 is 28.3 Å². The SMILES string of the molecule is CC(NC(=O)c1ccc(Cl)cc1)c1cccc2ccccc12. The lowest BCUT2D eigenvalue weighted by molar-refractivity contribution is 0.0940. The van der Waals surface area contributed by atoms with Crippen LogP contribution in [-0.4, -0.2) is 5.91 Å². The van der Waals surface area contributed by atoms with Crippen molar-refractivity contribution in [3.8, 4) is 0 Å². The Labute approximate surface area is 134 Å². The Hall–Kier alpha value is -2.32. The molecular weight excluding hydrogens is 294 g/mol. The van der Waals surface area contributed by atoms with E-state index < -0.39 is 0 Å². The number of benzene rings is 3. The van der Waals surface area contributed by atoms with Crippen molar-refractivity contribution in [1.29, 1.82) is 0 Å². The van der Waals surface area contributed by atoms with Gasteiger partial charge in [-0.3, -0.25) is 4.79 Å². The number of amides is 1. The summed E-state index contributed by atoms with van der Waals surface area (Å²) in [6.45, 7) is 2.00. The summed E-state index contributed by atoms with van der Waals surface area (Å²) < 4.78 is 0. The number of fused-ring (bicyclic) bond motifs is 1. The second-order valence-electron chi connectivity index (χ2n) is 5.27. The summed E-state index contributed by atoms with van der Waals surface area (Å²) in [6, 6.07) is 21.2. The molecule has 1 N–H and O–H groups in total. The van der Waals surface area contributed by atoms with Crippen molar-refractivity contribution in [3.05, 3.63) is 82.9 Å². The van der Waals surface area contributed by atoms with Gasteiger partial charge in [0.25, 0.3) is 5.91 Å². The van der Waals surface area contributed by atoms with E-state index in [1.54, 1.807) is 24.3 Å². The van der Waals surface area contributed by atoms with Gasteiger partial charge in [-0.1, -0.05) is 54.1 Å². The molecule has 0 saturated carbocycles. The highest BCUT2D eigenvalue weighted by Gasteiger charge is 2.13. The Morgan fingerprint density at radius 3 is 2.41 bits per heavy atom. The van der Waals surface area contributed by atoms with E-state index in [1.165, 1.54) is 5.39 Å². The minimum absolute atomic E-state index is 0.0747. The lowest BCUT2D eigenvalue weighted by Gasteiger charge is -2.16. The van der Waals surface area contributed by atoms with Gasteiger partial charge in [-0.05, 0) is 47.5 Å². The molecule has 1 unspecified atom stereocenters. The van der Waals surface area contributed by atoms with Gasteiger partial charge in [-0.15, -0.1) is 0 Å². The van der Waals surface area contributed by atoms with E-state index in [1.807, 2.05) is 25.1 Å². The molecule has 2 nitrogen and oxygen atoms in total. The van der Waals surface area contributed by atoms with Gasteiger partial charge in [0.2, 0.25) is 0 Å². The molecule has 3 aromatic rings. The third-order valence-corrected chi connectivity index (χ3v) is 4.00. The molecule has 0 heterocycles. The van der Waals surface area contributed by atoms with Gasteiger partial charge in [0.15, 0.2) is 0 Å². The summed E-state index contributed by atoms with van der Waals surface area (Å²) in [5, 5.41) is 6.00. The van der Waals surface area contributed by atoms with Crippen molar-refractivity contribution < 1.29 is 4.79 Å². The van der Waals surface area contributed by atoms with Crippen LogP contribution in [0.25, 0.3) is 10.8 Å². The first-order valence-electron chi connectivity index (χ1n) is 7.19. The summed E-state index contributed by atoms with van der Waals surface area (Å²) in [5.74, 6) is -0.0999. The van der Waals surface area contributed by atoms with Crippen LogP contribution in [0.2, 0.25) is 5.02 Å². The van der Waals surface area contributed by atoms with Crippen LogP contribution in [-0.2, 0) is 0 Å². The van der Waals surface area contributed by atoms with Gasteiger partial charge >= 0.3 is 0 Å². The van der Waals surface area contributed by atoms with Gasteiger partial charge in [-0.25, -0.2) is 0 Å². The summed E-state index contributed by atoms with van der Waals surface area (Å²) in [4.78, 5) is 12.3. The first kappa shape index (κ1) is 14.6. The Morgan fingerprint density at radius 2 is 1.64 bits per heavy atom. The van der Waals surface area contributed by atoms with Gasteiger partial charge in [0.1, 0.15) is 0 Å². The Bertz CT molecular complexity index is 806. The van der Waals surface area contributed by atoms with Crippen LogP contribution in [0.3, 0.4) is 0 Å². The van der Waals surface area contributed by atoms with E-state index >= 15 is 0 Å². The maximum Gasteiger partial charge on any atom is 0.251 e. The zero-order chi connectivity index (χ0) is 15.5. The monoisotopic (exact) mass is 309 g/mol. The van der Waals surface area contributed by atoms with Crippen molar-refractivity contribution in [3.63, 3.8) is 0 Å². The molecule has 0 aromatic heterocycles. The molecule has 3 heteroatoms. The fourth-order valence-corrected chi connectivity index (χ4v) is 2.71. The lowest BCUT2D eigenvalue weighted by atomic mass is 9.99. The Kier molecular flexibility index (Phi) is 4.12. The highest BCUT2D eigenvalue weighted by atomic mass is 35.5. The average Bonchev–Trinajstić information content (AvgIpc) is 2.54. The second-order valence-corrected chi connectivity index (χ2v) is 5.71. The molecule has 1 amide bonds. The van der Waals surface area contributed by atoms with Gasteiger partial charge < -0.3 is 5.32 Å². The van der Waals surface area contributed by atoms with Crippen LogP contribution in [0.5, 0.6) is 0 Å². The second kappa shape index (κ2) is 6.20. The normalized spacial score (nSPS) is 12.1. The zero-order valence-corrected chi connectivity index (χ0v) is 13.0. The first-order chi connectivity index (χ1) is 10.6. The van der Waals surface area contributed by atoms with Crippen LogP contribution in [0.4, 0.5) is 0 Å². The summed E-state index contributed by atoms with van der Waals surface area (Å²) in [5.41, 5.74) is 1.72. The molecule has 0 aliphatic heterocycles. The van der Waals surface area contributed by atoms with Crippen molar-refractivity contribution in [2.75, 3.05) is 0 Å². The van der Waals surface area contributed by atoms with E-state index in [9.17, 15) is 4.79 Å². The highest BCUT2D eigenvalue weighted by molar-refractivity contribution is 6.30. The molecule has 0 bridgehead atoms. The number of hydrogen-bond acceptors (Lipinski definition) is 1. The van der Waals surface area contributed by atoms with E-state index in [4.69, 9.17) is 11.6 Å². The van der Waals surface area contributed by atoms with Crippen molar-refractivity contribution in [2.24, 2.45) is 0 Å². The highest BCUT2D eigenvalue weighted by Crippen LogP contribution is 2.24. The van der Waals surface area contributed by atoms with Crippen molar-refractivity contribution in [1.82, 2.24) is 5.32 Å². The molecular formula is C19H16ClNO. The van der Waals surface area contributed by atoms with Gasteiger partial charge in [-0.2, -0.15) is 0 Å². The van der Waals surface area contributed by atoms with E-state index in [2.05, 4.69) is 29.6 Å². The van der Waals surface area contributed by atoms with Crippen LogP contribution < -0.4 is 5.32 Å². The zero-order valence-electron chi connectivity index (χ0n) is 12.2. The Balaban J connectivity index is 1.85. The van der Waals surface area contributed by atoms with Gasteiger partial charge in [0.05, 0.1) is 6.04 Å². The third-order valence-electron chi connectivity index (χ3n) is 3.74. The molecule has 0 aliphatic carbocycles. The smallest absolute Gasteiger partial charge is 0.251 e. The standard InChI is InChI=1S/C19H16ClNO/c1-13(21-19(22)15-9-11-16(20)12-10-15)17-8-4-6-14-5-2-3-7-18(14)17/h2-13H,1H3,(H,21,22). The predicted molar refractivity (Wildman–Crippen MR) is 91.3 cm³/mol. The number of nitrogens with one attached hydrogen (secondary N) is 1. The molecule has 3 aromatic carbocycles. The molecule has 1 atom stereocenters. The molecule has 110 valence electrons. The fourth-order valence-electron chi connectivity index (χ4n) is 2.59. The predicted octanol–water partition coefficient (Wildman–Crippen LogP) is 4.98. The minimum atomic E-state index is -0.0999. The maximum absolute atomic E-state index is 12.3. The molecule has 0 fully saturated rings. The molecule has 0 aliphatic rings. The molecule has 0 radical (unpaired) electrons. The number of rotatable bonds is 3. The molecule has 0 saturated heterocycles. The molecule has 22 heavy (non-hydrogen) atoms. The van der Waals surface area contributed by atoms with Crippen molar-refractivity contribution in [2.45, 2.75) is 13.0 Å². The van der Waals surface area contributed by atoms with Crippen LogP contribution >= 0.6 is 11.6 Å². The first-order valence-corrected chi connectivity index (χ1v) is 7.57. The lowest BCUT2D eigenvalue weighted by Crippen LogP contribution is -2.26. The summed E-state index contributed by atoms with van der Waals surface area (Å²) in [6.07, 6.45) is 0. The third kappa shape index (κ3) is 2.97. The van der Waals surface area contributed by atoms with E-state index in [-0.39, 0.29) is 11.9 Å². The van der Waals surface area contributed by atoms with Crippen LogP contribution in [0.15, 0.2) is 66.7 Å². The van der Waals surface area contributed by atoms with Crippen LogP contribution in [0, 0.1) is 0 Å². The maximum atomic E-state index is 12.3. The number of carbonyl (C=O) groups is 1. The van der Waals surface area contributed by atoms with Crippen LogP contribution in [0.1, 0.15) is 28.9 Å². The molecule has 3 rings (SSSR count). The number of hydrogen-bond donors (Lipinski definition) is 1. The van der Waals surface area contributed by atoms with Gasteiger partial charge in [0, 0.05) is 10.6 Å². The fraction of sp³-hybridized carbons (Fsp3) is 0.105. The average molecular weight is 310 g/mol. The molecule has 0 spiro atoms. The largest absolute Gasteiger partial charge is 0.345 e.